The fourth-order valence-corrected chi connectivity index (χ4v) is 5.33. The molecular weight excluding hydrogens is 406 g/mol. The Hall–Kier alpha value is -2.51. The molecule has 2 aliphatic heterocycles. The first-order valence-corrected chi connectivity index (χ1v) is 12.1. The van der Waals surface area contributed by atoms with Crippen molar-refractivity contribution in [1.29, 1.82) is 0 Å². The molecule has 32 heavy (non-hydrogen) atoms. The number of fused-ring (bicyclic) bond motifs is 1. The van der Waals surface area contributed by atoms with Crippen molar-refractivity contribution in [2.75, 3.05) is 31.1 Å². The highest BCUT2D eigenvalue weighted by molar-refractivity contribution is 5.95. The van der Waals surface area contributed by atoms with Crippen LogP contribution in [0.1, 0.15) is 81.3 Å². The van der Waals surface area contributed by atoms with Crippen molar-refractivity contribution in [3.63, 3.8) is 0 Å². The van der Waals surface area contributed by atoms with Gasteiger partial charge >= 0.3 is 0 Å². The molecule has 2 fully saturated rings. The molecule has 0 aromatic carbocycles. The Kier molecular flexibility index (Phi) is 7.06. The third kappa shape index (κ3) is 5.10. The number of likely N-dealkylation sites (tertiary alicyclic amines) is 1. The second-order valence-electron chi connectivity index (χ2n) is 9.57. The number of hydrogen-bond donors (Lipinski definition) is 1. The maximum absolute atomic E-state index is 12.9. The largest absolute Gasteiger partial charge is 0.347 e. The first-order valence-electron chi connectivity index (χ1n) is 12.1. The van der Waals surface area contributed by atoms with E-state index < -0.39 is 0 Å². The Morgan fingerprint density at radius 2 is 1.84 bits per heavy atom. The summed E-state index contributed by atoms with van der Waals surface area (Å²) in [4.78, 5) is 50.0. The zero-order valence-corrected chi connectivity index (χ0v) is 19.4. The summed E-state index contributed by atoms with van der Waals surface area (Å²) >= 11 is 0. The lowest BCUT2D eigenvalue weighted by Gasteiger charge is -2.35. The van der Waals surface area contributed by atoms with Crippen molar-refractivity contribution in [2.24, 2.45) is 5.92 Å². The van der Waals surface area contributed by atoms with E-state index in [1.165, 1.54) is 39.0 Å². The lowest BCUT2D eigenvalue weighted by Crippen LogP contribution is -2.44. The van der Waals surface area contributed by atoms with Gasteiger partial charge in [-0.2, -0.15) is 0 Å². The van der Waals surface area contributed by atoms with Crippen LogP contribution in [0.4, 0.5) is 5.82 Å². The van der Waals surface area contributed by atoms with Crippen molar-refractivity contribution < 1.29 is 14.4 Å². The van der Waals surface area contributed by atoms with Crippen molar-refractivity contribution in [3.8, 4) is 0 Å². The summed E-state index contributed by atoms with van der Waals surface area (Å²) in [5.41, 5.74) is 2.05. The average molecular weight is 442 g/mol. The number of hydrogen-bond acceptors (Lipinski definition) is 5. The molecule has 3 heterocycles. The number of nitrogens with one attached hydrogen (secondary N) is 1. The summed E-state index contributed by atoms with van der Waals surface area (Å²) in [7, 11) is 0. The zero-order valence-electron chi connectivity index (χ0n) is 19.4. The van der Waals surface area contributed by atoms with Crippen LogP contribution >= 0.6 is 0 Å². The minimum absolute atomic E-state index is 0.0236. The van der Waals surface area contributed by atoms with Gasteiger partial charge in [0.1, 0.15) is 11.6 Å². The molecule has 0 spiro atoms. The van der Waals surface area contributed by atoms with Gasteiger partial charge in [-0.15, -0.1) is 0 Å². The molecule has 4 rings (SSSR count). The van der Waals surface area contributed by atoms with E-state index in [-0.39, 0.29) is 30.2 Å². The standard InChI is InChI=1S/C24H35N5O3/c1-16-20-10-11-21(31)29(14-18-7-4-3-5-8-18)24(20)27-23(26-16)19-9-6-12-28(15-19)22(32)13-25-17(2)30/h18-19H,3-15H2,1-2H3,(H,25,30)/t19-/m1/s1. The predicted molar refractivity (Wildman–Crippen MR) is 121 cm³/mol. The molecule has 0 unspecified atom stereocenters. The van der Waals surface area contributed by atoms with Crippen molar-refractivity contribution in [3.05, 3.63) is 17.1 Å². The Bertz CT molecular complexity index is 881. The summed E-state index contributed by atoms with van der Waals surface area (Å²) in [6, 6.07) is 0. The average Bonchev–Trinajstić information content (AvgIpc) is 2.80. The maximum Gasteiger partial charge on any atom is 0.241 e. The molecule has 1 saturated carbocycles. The third-order valence-electron chi connectivity index (χ3n) is 7.15. The highest BCUT2D eigenvalue weighted by Gasteiger charge is 2.33. The quantitative estimate of drug-likeness (QED) is 0.757. The van der Waals surface area contributed by atoms with Gasteiger partial charge in [0.15, 0.2) is 0 Å². The van der Waals surface area contributed by atoms with Gasteiger partial charge < -0.3 is 10.2 Å². The number of anilines is 1. The van der Waals surface area contributed by atoms with Crippen molar-refractivity contribution in [2.45, 2.75) is 77.6 Å². The van der Waals surface area contributed by atoms with Crippen LogP contribution in [0.15, 0.2) is 0 Å². The van der Waals surface area contributed by atoms with Crippen molar-refractivity contribution in [1.82, 2.24) is 20.2 Å². The van der Waals surface area contributed by atoms with Crippen LogP contribution in [0.25, 0.3) is 0 Å². The minimum atomic E-state index is -0.205. The van der Waals surface area contributed by atoms with E-state index in [9.17, 15) is 14.4 Å². The van der Waals surface area contributed by atoms with Gasteiger partial charge in [-0.05, 0) is 44.9 Å². The van der Waals surface area contributed by atoms with Crippen LogP contribution in [-0.2, 0) is 20.8 Å². The number of aromatic nitrogens is 2. The highest BCUT2D eigenvalue weighted by Crippen LogP contribution is 2.34. The summed E-state index contributed by atoms with van der Waals surface area (Å²) in [6.45, 7) is 5.44. The molecule has 1 aliphatic carbocycles. The highest BCUT2D eigenvalue weighted by atomic mass is 16.2. The van der Waals surface area contributed by atoms with E-state index in [1.807, 2.05) is 11.8 Å². The summed E-state index contributed by atoms with van der Waals surface area (Å²) in [6.07, 6.45) is 9.18. The number of carbonyl (C=O) groups excluding carboxylic acids is 3. The fraction of sp³-hybridized carbons (Fsp3) is 0.708. The molecule has 1 aromatic heterocycles. The molecule has 1 atom stereocenters. The Morgan fingerprint density at radius 3 is 2.59 bits per heavy atom. The first-order chi connectivity index (χ1) is 15.4. The zero-order chi connectivity index (χ0) is 22.7. The van der Waals surface area contributed by atoms with Gasteiger partial charge in [-0.25, -0.2) is 9.97 Å². The van der Waals surface area contributed by atoms with Crippen LogP contribution in [-0.4, -0.2) is 58.8 Å². The van der Waals surface area contributed by atoms with Gasteiger partial charge in [0.2, 0.25) is 17.7 Å². The Morgan fingerprint density at radius 1 is 1.06 bits per heavy atom. The smallest absolute Gasteiger partial charge is 0.241 e. The van der Waals surface area contributed by atoms with Crippen LogP contribution in [0, 0.1) is 12.8 Å². The minimum Gasteiger partial charge on any atom is -0.347 e. The number of rotatable bonds is 5. The van der Waals surface area contributed by atoms with Crippen LogP contribution in [0.3, 0.4) is 0 Å². The number of aryl methyl sites for hydroxylation is 1. The van der Waals surface area contributed by atoms with Gasteiger partial charge in [-0.3, -0.25) is 19.3 Å². The molecular formula is C24H35N5O3. The van der Waals surface area contributed by atoms with E-state index in [4.69, 9.17) is 9.97 Å². The summed E-state index contributed by atoms with van der Waals surface area (Å²) in [5, 5.41) is 2.59. The molecule has 174 valence electrons. The van der Waals surface area contributed by atoms with Gasteiger partial charge in [0, 0.05) is 50.2 Å². The molecule has 8 heteroatoms. The molecule has 3 aliphatic rings. The molecule has 3 amide bonds. The number of amides is 3. The van der Waals surface area contributed by atoms with E-state index >= 15 is 0 Å². The second kappa shape index (κ2) is 9.96. The number of piperidine rings is 1. The van der Waals surface area contributed by atoms with E-state index in [1.54, 1.807) is 4.90 Å². The van der Waals surface area contributed by atoms with Gasteiger partial charge in [0.25, 0.3) is 0 Å². The first kappa shape index (κ1) is 22.7. The SMILES string of the molecule is CC(=O)NCC(=O)N1CCC[C@@H](c2nc(C)c3c(n2)N(CC2CCCCC2)C(=O)CC3)C1. The van der Waals surface area contributed by atoms with Crippen molar-refractivity contribution >= 4 is 23.5 Å². The third-order valence-corrected chi connectivity index (χ3v) is 7.15. The number of carbonyl (C=O) groups is 3. The monoisotopic (exact) mass is 441 g/mol. The topological polar surface area (TPSA) is 95.5 Å². The molecule has 0 radical (unpaired) electrons. The molecule has 8 nitrogen and oxygen atoms in total. The van der Waals surface area contributed by atoms with Gasteiger partial charge in [0.05, 0.1) is 6.54 Å². The maximum atomic E-state index is 12.9. The van der Waals surface area contributed by atoms with Crippen LogP contribution < -0.4 is 10.2 Å². The molecule has 1 N–H and O–H groups in total. The number of nitrogens with zero attached hydrogens (tertiary/aromatic N) is 4. The van der Waals surface area contributed by atoms with Gasteiger partial charge in [-0.1, -0.05) is 19.3 Å². The Balaban J connectivity index is 1.54. The van der Waals surface area contributed by atoms with E-state index in [0.717, 1.165) is 42.3 Å². The molecule has 0 bridgehead atoms. The van der Waals surface area contributed by atoms with E-state index in [2.05, 4.69) is 5.32 Å². The molecule has 1 saturated heterocycles. The lowest BCUT2D eigenvalue weighted by molar-refractivity contribution is -0.133. The van der Waals surface area contributed by atoms with E-state index in [0.29, 0.717) is 31.8 Å². The summed E-state index contributed by atoms with van der Waals surface area (Å²) < 4.78 is 0. The normalized spacial score (nSPS) is 21.9. The molecule has 1 aromatic rings. The second-order valence-corrected chi connectivity index (χ2v) is 9.57. The van der Waals surface area contributed by atoms with Crippen LogP contribution in [0.5, 0.6) is 0 Å². The predicted octanol–water partition coefficient (Wildman–Crippen LogP) is 2.49. The fourth-order valence-electron chi connectivity index (χ4n) is 5.33. The summed E-state index contributed by atoms with van der Waals surface area (Å²) in [5.74, 6) is 2.02. The lowest BCUT2D eigenvalue weighted by atomic mass is 9.88. The van der Waals surface area contributed by atoms with Crippen LogP contribution in [0.2, 0.25) is 0 Å². The Labute approximate surface area is 190 Å².